The number of morpholine rings is 1. The Hall–Kier alpha value is -2.34. The normalized spacial score (nSPS) is 17.3. The summed E-state index contributed by atoms with van der Waals surface area (Å²) in [6, 6.07) is 7.98. The molecule has 1 saturated heterocycles. The summed E-state index contributed by atoms with van der Waals surface area (Å²) >= 11 is 0. The Morgan fingerprint density at radius 1 is 1.42 bits per heavy atom. The summed E-state index contributed by atoms with van der Waals surface area (Å²) in [5.74, 6) is 0.883. The van der Waals surface area contributed by atoms with E-state index in [2.05, 4.69) is 18.1 Å². The summed E-state index contributed by atoms with van der Waals surface area (Å²) in [6.07, 6.45) is 3.44. The fourth-order valence-electron chi connectivity index (χ4n) is 3.35. The first-order chi connectivity index (χ1) is 12.6. The molecule has 1 unspecified atom stereocenters. The molecule has 2 heterocycles. The van der Waals surface area contributed by atoms with Gasteiger partial charge in [-0.2, -0.15) is 5.10 Å². The number of hydrogen-bond donors (Lipinski definition) is 0. The highest BCUT2D eigenvalue weighted by Crippen LogP contribution is 2.19. The van der Waals surface area contributed by atoms with Crippen molar-refractivity contribution in [1.82, 2.24) is 14.7 Å². The van der Waals surface area contributed by atoms with Crippen LogP contribution in [0.25, 0.3) is 0 Å². The summed E-state index contributed by atoms with van der Waals surface area (Å²) in [7, 11) is 1.66. The van der Waals surface area contributed by atoms with E-state index >= 15 is 0 Å². The molecule has 1 atom stereocenters. The Bertz CT molecular complexity index is 757. The molecule has 6 heteroatoms. The molecule has 3 rings (SSSR count). The topological polar surface area (TPSA) is 56.6 Å². The lowest BCUT2D eigenvalue weighted by molar-refractivity contribution is -0.0208. The standard InChI is InChI=1S/C20H27N3O3/c1-4-8-23-15(2)19(13-21-23)20(24)22-9-10-26-18(14-22)12-16-6-5-7-17(11-16)25-3/h5-7,11,13,18H,4,8-10,12,14H2,1-3H3. The largest absolute Gasteiger partial charge is 0.497 e. The van der Waals surface area contributed by atoms with E-state index in [9.17, 15) is 4.79 Å². The molecule has 6 nitrogen and oxygen atoms in total. The smallest absolute Gasteiger partial charge is 0.257 e. The van der Waals surface area contributed by atoms with Crippen LogP contribution in [0.3, 0.4) is 0 Å². The Kier molecular flexibility index (Phi) is 5.93. The van der Waals surface area contributed by atoms with Crippen molar-refractivity contribution in [2.75, 3.05) is 26.8 Å². The maximum atomic E-state index is 12.9. The zero-order chi connectivity index (χ0) is 18.5. The Labute approximate surface area is 154 Å². The van der Waals surface area contributed by atoms with E-state index in [1.165, 1.54) is 0 Å². The predicted octanol–water partition coefficient (Wildman–Crippen LogP) is 2.69. The van der Waals surface area contributed by atoms with Gasteiger partial charge in [0.05, 0.1) is 31.6 Å². The molecule has 0 aliphatic carbocycles. The number of hydrogen-bond acceptors (Lipinski definition) is 4. The molecule has 26 heavy (non-hydrogen) atoms. The van der Waals surface area contributed by atoms with Gasteiger partial charge in [-0.3, -0.25) is 9.48 Å². The highest BCUT2D eigenvalue weighted by molar-refractivity contribution is 5.95. The lowest BCUT2D eigenvalue weighted by Gasteiger charge is -2.33. The first kappa shape index (κ1) is 18.5. The van der Waals surface area contributed by atoms with Crippen molar-refractivity contribution in [3.05, 3.63) is 47.3 Å². The minimum Gasteiger partial charge on any atom is -0.497 e. The third-order valence-corrected chi connectivity index (χ3v) is 4.79. The maximum absolute atomic E-state index is 12.9. The molecule has 0 saturated carbocycles. The van der Waals surface area contributed by atoms with E-state index in [4.69, 9.17) is 9.47 Å². The Morgan fingerprint density at radius 2 is 2.27 bits per heavy atom. The van der Waals surface area contributed by atoms with Crippen LogP contribution in [0.2, 0.25) is 0 Å². The summed E-state index contributed by atoms with van der Waals surface area (Å²) in [4.78, 5) is 14.8. The lowest BCUT2D eigenvalue weighted by atomic mass is 10.1. The van der Waals surface area contributed by atoms with Gasteiger partial charge in [-0.1, -0.05) is 19.1 Å². The molecule has 2 aromatic rings. The molecule has 140 valence electrons. The van der Waals surface area contributed by atoms with Crippen LogP contribution in [0.4, 0.5) is 0 Å². The maximum Gasteiger partial charge on any atom is 0.257 e. The van der Waals surface area contributed by atoms with Gasteiger partial charge >= 0.3 is 0 Å². The minimum atomic E-state index is -0.00852. The van der Waals surface area contributed by atoms with Crippen LogP contribution < -0.4 is 4.74 Å². The van der Waals surface area contributed by atoms with Crippen molar-refractivity contribution in [3.8, 4) is 5.75 Å². The van der Waals surface area contributed by atoms with Gasteiger partial charge in [-0.15, -0.1) is 0 Å². The molecule has 0 radical (unpaired) electrons. The van der Waals surface area contributed by atoms with Crippen LogP contribution in [0.15, 0.2) is 30.5 Å². The Balaban J connectivity index is 1.67. The molecule has 0 N–H and O–H groups in total. The van der Waals surface area contributed by atoms with Gasteiger partial charge < -0.3 is 14.4 Å². The monoisotopic (exact) mass is 357 g/mol. The highest BCUT2D eigenvalue weighted by Gasteiger charge is 2.27. The highest BCUT2D eigenvalue weighted by atomic mass is 16.5. The van der Waals surface area contributed by atoms with Crippen molar-refractivity contribution in [1.29, 1.82) is 0 Å². The molecule has 1 fully saturated rings. The van der Waals surface area contributed by atoms with Crippen LogP contribution >= 0.6 is 0 Å². The van der Waals surface area contributed by atoms with Gasteiger partial charge in [-0.25, -0.2) is 0 Å². The second kappa shape index (κ2) is 8.36. The number of carbonyl (C=O) groups excluding carboxylic acids is 1. The van der Waals surface area contributed by atoms with Gasteiger partial charge in [0, 0.05) is 31.7 Å². The second-order valence-electron chi connectivity index (χ2n) is 6.67. The average molecular weight is 357 g/mol. The van der Waals surface area contributed by atoms with Crippen molar-refractivity contribution in [2.45, 2.75) is 39.3 Å². The molecule has 1 aliphatic rings. The molecule has 0 spiro atoms. The second-order valence-corrected chi connectivity index (χ2v) is 6.67. The predicted molar refractivity (Wildman–Crippen MR) is 99.6 cm³/mol. The number of aryl methyl sites for hydroxylation is 1. The van der Waals surface area contributed by atoms with Crippen molar-refractivity contribution in [3.63, 3.8) is 0 Å². The van der Waals surface area contributed by atoms with Gasteiger partial charge in [-0.05, 0) is 31.0 Å². The number of ether oxygens (including phenoxy) is 2. The number of rotatable bonds is 6. The summed E-state index contributed by atoms with van der Waals surface area (Å²) in [5, 5.41) is 4.35. The third-order valence-electron chi connectivity index (χ3n) is 4.79. The van der Waals surface area contributed by atoms with Crippen LogP contribution in [0.1, 0.15) is 35.0 Å². The number of carbonyl (C=O) groups is 1. The van der Waals surface area contributed by atoms with Gasteiger partial charge in [0.15, 0.2) is 0 Å². The molecular formula is C20H27N3O3. The van der Waals surface area contributed by atoms with E-state index in [1.807, 2.05) is 34.7 Å². The number of methoxy groups -OCH3 is 1. The number of benzene rings is 1. The Morgan fingerprint density at radius 3 is 3.04 bits per heavy atom. The molecule has 1 aromatic carbocycles. The lowest BCUT2D eigenvalue weighted by Crippen LogP contribution is -2.46. The van der Waals surface area contributed by atoms with Gasteiger partial charge in [0.25, 0.3) is 5.91 Å². The van der Waals surface area contributed by atoms with E-state index in [1.54, 1.807) is 13.3 Å². The van der Waals surface area contributed by atoms with E-state index < -0.39 is 0 Å². The zero-order valence-corrected chi connectivity index (χ0v) is 15.8. The number of nitrogens with zero attached hydrogens (tertiary/aromatic N) is 3. The molecule has 1 amide bonds. The molecule has 1 aromatic heterocycles. The summed E-state index contributed by atoms with van der Waals surface area (Å²) in [5.41, 5.74) is 2.78. The first-order valence-electron chi connectivity index (χ1n) is 9.18. The summed E-state index contributed by atoms with van der Waals surface area (Å²) < 4.78 is 13.1. The molecular weight excluding hydrogens is 330 g/mol. The van der Waals surface area contributed by atoms with Crippen LogP contribution in [0.5, 0.6) is 5.75 Å². The number of aromatic nitrogens is 2. The van der Waals surface area contributed by atoms with Crippen molar-refractivity contribution in [2.24, 2.45) is 0 Å². The van der Waals surface area contributed by atoms with E-state index in [-0.39, 0.29) is 12.0 Å². The van der Waals surface area contributed by atoms with Gasteiger partial charge in [0.2, 0.25) is 0 Å². The van der Waals surface area contributed by atoms with Crippen molar-refractivity contribution >= 4 is 5.91 Å². The van der Waals surface area contributed by atoms with Crippen LogP contribution in [-0.2, 0) is 17.7 Å². The van der Waals surface area contributed by atoms with E-state index in [0.717, 1.165) is 36.4 Å². The molecule has 0 bridgehead atoms. The minimum absolute atomic E-state index is 0.00852. The SMILES string of the molecule is CCCn1ncc(C(=O)N2CCOC(Cc3cccc(OC)c3)C2)c1C. The third kappa shape index (κ3) is 4.07. The summed E-state index contributed by atoms with van der Waals surface area (Å²) in [6.45, 7) is 6.67. The fraction of sp³-hybridized carbons (Fsp3) is 0.500. The van der Waals surface area contributed by atoms with Crippen LogP contribution in [-0.4, -0.2) is 53.5 Å². The first-order valence-corrected chi connectivity index (χ1v) is 9.18. The quantitative estimate of drug-likeness (QED) is 0.798. The van der Waals surface area contributed by atoms with Crippen molar-refractivity contribution < 1.29 is 14.3 Å². The molecule has 1 aliphatic heterocycles. The fourth-order valence-corrected chi connectivity index (χ4v) is 3.35. The van der Waals surface area contributed by atoms with Gasteiger partial charge in [0.1, 0.15) is 5.75 Å². The van der Waals surface area contributed by atoms with Crippen LogP contribution in [0, 0.1) is 6.92 Å². The zero-order valence-electron chi connectivity index (χ0n) is 15.8. The van der Waals surface area contributed by atoms with E-state index in [0.29, 0.717) is 25.3 Å². The number of amides is 1. The average Bonchev–Trinajstić information content (AvgIpc) is 3.02.